The lowest BCUT2D eigenvalue weighted by Crippen LogP contribution is -2.50. The Morgan fingerprint density at radius 2 is 2.40 bits per heavy atom. The van der Waals surface area contributed by atoms with Gasteiger partial charge in [0.25, 0.3) is 0 Å². The van der Waals surface area contributed by atoms with Gasteiger partial charge in [-0.1, -0.05) is 6.08 Å². The second-order valence-electron chi connectivity index (χ2n) is 4.57. The van der Waals surface area contributed by atoms with Crippen LogP contribution in [0.1, 0.15) is 17.0 Å². The van der Waals surface area contributed by atoms with Crippen molar-refractivity contribution in [3.05, 3.63) is 33.9 Å². The molecule has 5 nitrogen and oxygen atoms in total. The molecule has 2 atom stereocenters. The SMILES string of the molecule is Cc1ncsc1/C=C\C1S[C@@H]2CC(=O)N2C=C1C(=O)O. The van der Waals surface area contributed by atoms with Gasteiger partial charge in [0.1, 0.15) is 0 Å². The van der Waals surface area contributed by atoms with E-state index >= 15 is 0 Å². The summed E-state index contributed by atoms with van der Waals surface area (Å²) in [6.07, 6.45) is 5.75. The van der Waals surface area contributed by atoms with Crippen LogP contribution in [0.15, 0.2) is 23.4 Å². The molecule has 104 valence electrons. The van der Waals surface area contributed by atoms with Crippen LogP contribution < -0.4 is 0 Å². The molecule has 1 fully saturated rings. The highest BCUT2D eigenvalue weighted by atomic mass is 32.2. The molecule has 1 aromatic rings. The zero-order chi connectivity index (χ0) is 14.3. The van der Waals surface area contributed by atoms with E-state index in [-0.39, 0.29) is 22.1 Å². The summed E-state index contributed by atoms with van der Waals surface area (Å²) in [5.74, 6) is -0.992. The van der Waals surface area contributed by atoms with Crippen molar-refractivity contribution in [2.75, 3.05) is 0 Å². The molecule has 0 aliphatic carbocycles. The van der Waals surface area contributed by atoms with Crippen LogP contribution in [0.2, 0.25) is 0 Å². The van der Waals surface area contributed by atoms with Crippen molar-refractivity contribution >= 4 is 41.1 Å². The van der Waals surface area contributed by atoms with Gasteiger partial charge >= 0.3 is 5.97 Å². The fourth-order valence-electron chi connectivity index (χ4n) is 2.11. The van der Waals surface area contributed by atoms with Crippen LogP contribution in [0.25, 0.3) is 6.08 Å². The molecule has 1 unspecified atom stereocenters. The van der Waals surface area contributed by atoms with Crippen molar-refractivity contribution in [3.63, 3.8) is 0 Å². The maximum Gasteiger partial charge on any atom is 0.334 e. The number of rotatable bonds is 3. The van der Waals surface area contributed by atoms with Crippen LogP contribution in [0, 0.1) is 6.92 Å². The fraction of sp³-hybridized carbons (Fsp3) is 0.308. The van der Waals surface area contributed by atoms with Crippen LogP contribution >= 0.6 is 23.1 Å². The lowest BCUT2D eigenvalue weighted by Gasteiger charge is -2.42. The molecule has 20 heavy (non-hydrogen) atoms. The average Bonchev–Trinajstić information content (AvgIpc) is 2.80. The molecule has 0 aromatic carbocycles. The molecule has 7 heteroatoms. The number of carboxylic acids is 1. The Labute approximate surface area is 124 Å². The van der Waals surface area contributed by atoms with Gasteiger partial charge in [0.2, 0.25) is 5.91 Å². The number of aliphatic carboxylic acids is 1. The third-order valence-electron chi connectivity index (χ3n) is 3.29. The Morgan fingerprint density at radius 3 is 3.00 bits per heavy atom. The Balaban J connectivity index is 1.85. The molecule has 0 spiro atoms. The van der Waals surface area contributed by atoms with Crippen LogP contribution in [0.4, 0.5) is 0 Å². The second kappa shape index (κ2) is 5.06. The number of fused-ring (bicyclic) bond motifs is 1. The van der Waals surface area contributed by atoms with Gasteiger partial charge < -0.3 is 10.0 Å². The van der Waals surface area contributed by atoms with Gasteiger partial charge in [0, 0.05) is 11.1 Å². The first kappa shape index (κ1) is 13.4. The Morgan fingerprint density at radius 1 is 1.60 bits per heavy atom. The molecule has 1 N–H and O–H groups in total. The zero-order valence-corrected chi connectivity index (χ0v) is 12.3. The first-order valence-corrected chi connectivity index (χ1v) is 7.88. The minimum absolute atomic E-state index is 0.0121. The number of carboxylic acid groups (broad SMARTS) is 1. The van der Waals surface area contributed by atoms with Crippen molar-refractivity contribution in [1.82, 2.24) is 9.88 Å². The summed E-state index contributed by atoms with van der Waals surface area (Å²) in [5, 5.41) is 9.11. The van der Waals surface area contributed by atoms with Crippen LogP contribution in [-0.2, 0) is 9.59 Å². The normalized spacial score (nSPS) is 25.4. The van der Waals surface area contributed by atoms with E-state index in [4.69, 9.17) is 0 Å². The molecular weight excluding hydrogens is 296 g/mol. The van der Waals surface area contributed by atoms with Gasteiger partial charge in [-0.25, -0.2) is 9.78 Å². The van der Waals surface area contributed by atoms with Crippen molar-refractivity contribution in [2.24, 2.45) is 0 Å². The number of amides is 1. The number of thiazole rings is 1. The van der Waals surface area contributed by atoms with Gasteiger partial charge in [0.05, 0.1) is 33.8 Å². The monoisotopic (exact) mass is 308 g/mol. The van der Waals surface area contributed by atoms with Gasteiger partial charge in [-0.3, -0.25) is 4.79 Å². The zero-order valence-electron chi connectivity index (χ0n) is 10.6. The predicted octanol–water partition coefficient (Wildman–Crippen LogP) is 2.11. The molecule has 3 rings (SSSR count). The Bertz CT molecular complexity index is 635. The topological polar surface area (TPSA) is 70.5 Å². The van der Waals surface area contributed by atoms with E-state index in [0.717, 1.165) is 10.6 Å². The molecule has 1 amide bonds. The molecule has 0 radical (unpaired) electrons. The first-order valence-electron chi connectivity index (χ1n) is 6.06. The Kier molecular flexibility index (Phi) is 3.39. The number of thioether (sulfide) groups is 1. The van der Waals surface area contributed by atoms with E-state index in [0.29, 0.717) is 6.42 Å². The van der Waals surface area contributed by atoms with E-state index in [9.17, 15) is 14.7 Å². The maximum absolute atomic E-state index is 11.4. The summed E-state index contributed by atoms with van der Waals surface area (Å²) in [5.41, 5.74) is 2.95. The third kappa shape index (κ3) is 2.27. The van der Waals surface area contributed by atoms with E-state index in [1.54, 1.807) is 5.51 Å². The average molecular weight is 308 g/mol. The third-order valence-corrected chi connectivity index (χ3v) is 5.60. The lowest BCUT2D eigenvalue weighted by molar-refractivity contribution is -0.137. The minimum Gasteiger partial charge on any atom is -0.478 e. The van der Waals surface area contributed by atoms with Crippen LogP contribution in [0.3, 0.4) is 0 Å². The largest absolute Gasteiger partial charge is 0.478 e. The van der Waals surface area contributed by atoms with Gasteiger partial charge in [-0.05, 0) is 13.0 Å². The number of hydrogen-bond acceptors (Lipinski definition) is 5. The van der Waals surface area contributed by atoms with Crippen molar-refractivity contribution in [3.8, 4) is 0 Å². The molecule has 2 aliphatic rings. The molecule has 3 heterocycles. The molecule has 0 saturated carbocycles. The van der Waals surface area contributed by atoms with E-state index < -0.39 is 5.97 Å². The van der Waals surface area contributed by atoms with Crippen molar-refractivity contribution in [1.29, 1.82) is 0 Å². The highest BCUT2D eigenvalue weighted by Crippen LogP contribution is 2.41. The quantitative estimate of drug-likeness (QED) is 0.866. The lowest BCUT2D eigenvalue weighted by atomic mass is 10.1. The maximum atomic E-state index is 11.4. The van der Waals surface area contributed by atoms with Crippen molar-refractivity contribution < 1.29 is 14.7 Å². The number of nitrogens with zero attached hydrogens (tertiary/aromatic N) is 2. The highest BCUT2D eigenvalue weighted by molar-refractivity contribution is 8.01. The second-order valence-corrected chi connectivity index (χ2v) is 6.78. The van der Waals surface area contributed by atoms with Crippen molar-refractivity contribution in [2.45, 2.75) is 24.0 Å². The number of carbonyl (C=O) groups excluding carboxylic acids is 1. The standard InChI is InChI=1S/C13H12N2O3S2/c1-7-9(19-6-14-7)2-3-10-8(13(17)18)5-15-11(16)4-12(15)20-10/h2-3,5-6,10,12H,4H2,1H3,(H,17,18)/b3-2-/t10?,12-/m1/s1. The summed E-state index contributed by atoms with van der Waals surface area (Å²) < 4.78 is 0. The number of aryl methyl sites for hydroxylation is 1. The summed E-state index contributed by atoms with van der Waals surface area (Å²) >= 11 is 3.03. The highest BCUT2D eigenvalue weighted by Gasteiger charge is 2.42. The summed E-state index contributed by atoms with van der Waals surface area (Å²) in [7, 11) is 0. The Hall–Kier alpha value is -1.60. The number of hydrogen-bond donors (Lipinski definition) is 1. The molecule has 1 aromatic heterocycles. The number of β-lactam (4-membered cyclic amide) rings is 1. The first-order chi connectivity index (χ1) is 9.56. The van der Waals surface area contributed by atoms with Gasteiger partial charge in [0.15, 0.2) is 0 Å². The van der Waals surface area contributed by atoms with E-state index in [1.165, 1.54) is 34.2 Å². The number of aromatic nitrogens is 1. The minimum atomic E-state index is -0.980. The molecule has 1 saturated heterocycles. The van der Waals surface area contributed by atoms with Crippen LogP contribution in [-0.4, -0.2) is 37.5 Å². The molecular formula is C13H12N2O3S2. The summed E-state index contributed by atoms with van der Waals surface area (Å²) in [6.45, 7) is 1.92. The van der Waals surface area contributed by atoms with Gasteiger partial charge in [-0.15, -0.1) is 23.1 Å². The van der Waals surface area contributed by atoms with Crippen LogP contribution in [0.5, 0.6) is 0 Å². The summed E-state index contributed by atoms with van der Waals surface area (Å²) in [6, 6.07) is 0. The predicted molar refractivity (Wildman–Crippen MR) is 78.2 cm³/mol. The summed E-state index contributed by atoms with van der Waals surface area (Å²) in [4.78, 5) is 29.4. The molecule has 0 bridgehead atoms. The van der Waals surface area contributed by atoms with Gasteiger partial charge in [-0.2, -0.15) is 0 Å². The molecule has 2 aliphatic heterocycles. The number of carbonyl (C=O) groups is 2. The smallest absolute Gasteiger partial charge is 0.334 e. The van der Waals surface area contributed by atoms with E-state index in [1.807, 2.05) is 19.1 Å². The van der Waals surface area contributed by atoms with E-state index in [2.05, 4.69) is 4.98 Å². The fourth-order valence-corrected chi connectivity index (χ4v) is 4.18.